The second-order valence-electron chi connectivity index (χ2n) is 4.06. The number of hydrogen-bond acceptors (Lipinski definition) is 4. The number of aromatic nitrogens is 1. The van der Waals surface area contributed by atoms with Gasteiger partial charge in [-0.25, -0.2) is 0 Å². The SMILES string of the molecule is NC(=S)CN1CCN(c2ccncc2Br)CC1. The molecule has 0 aliphatic carbocycles. The summed E-state index contributed by atoms with van der Waals surface area (Å²) in [5, 5.41) is 0. The molecule has 1 aromatic heterocycles. The number of anilines is 1. The van der Waals surface area contributed by atoms with E-state index in [-0.39, 0.29) is 0 Å². The molecule has 2 rings (SSSR count). The maximum atomic E-state index is 5.55. The van der Waals surface area contributed by atoms with E-state index >= 15 is 0 Å². The number of nitrogens with zero attached hydrogens (tertiary/aromatic N) is 3. The van der Waals surface area contributed by atoms with Crippen LogP contribution in [-0.2, 0) is 0 Å². The topological polar surface area (TPSA) is 45.4 Å². The fraction of sp³-hybridized carbons (Fsp3) is 0.455. The van der Waals surface area contributed by atoms with Crippen molar-refractivity contribution in [2.45, 2.75) is 0 Å². The van der Waals surface area contributed by atoms with Crippen LogP contribution < -0.4 is 10.6 Å². The molecule has 1 aliphatic heterocycles. The summed E-state index contributed by atoms with van der Waals surface area (Å²) in [5.41, 5.74) is 6.76. The molecule has 92 valence electrons. The Kier molecular flexibility index (Phi) is 4.31. The predicted molar refractivity (Wildman–Crippen MR) is 77.4 cm³/mol. The van der Waals surface area contributed by atoms with Gasteiger partial charge in [-0.1, -0.05) is 12.2 Å². The summed E-state index contributed by atoms with van der Waals surface area (Å²) >= 11 is 8.46. The predicted octanol–water partition coefficient (Wildman–Crippen LogP) is 1.25. The monoisotopic (exact) mass is 314 g/mol. The lowest BCUT2D eigenvalue weighted by atomic mass is 10.2. The molecular weight excluding hydrogens is 300 g/mol. The number of nitrogens with two attached hydrogens (primary N) is 1. The Morgan fingerprint density at radius 1 is 1.41 bits per heavy atom. The lowest BCUT2D eigenvalue weighted by Gasteiger charge is -2.36. The van der Waals surface area contributed by atoms with Crippen LogP contribution in [0.3, 0.4) is 0 Å². The van der Waals surface area contributed by atoms with Crippen LogP contribution in [0, 0.1) is 0 Å². The zero-order valence-corrected chi connectivity index (χ0v) is 11.9. The van der Waals surface area contributed by atoms with Crippen LogP contribution in [0.25, 0.3) is 0 Å². The second-order valence-corrected chi connectivity index (χ2v) is 5.44. The molecule has 0 bridgehead atoms. The molecular formula is C11H15BrN4S. The van der Waals surface area contributed by atoms with Crippen molar-refractivity contribution < 1.29 is 0 Å². The van der Waals surface area contributed by atoms with E-state index in [1.165, 1.54) is 5.69 Å². The molecule has 0 radical (unpaired) electrons. The maximum Gasteiger partial charge on any atom is 0.0870 e. The molecule has 1 saturated heterocycles. The third-order valence-electron chi connectivity index (χ3n) is 2.84. The van der Waals surface area contributed by atoms with Crippen LogP contribution in [0.15, 0.2) is 22.9 Å². The van der Waals surface area contributed by atoms with E-state index in [4.69, 9.17) is 18.0 Å². The molecule has 2 heterocycles. The van der Waals surface area contributed by atoms with Gasteiger partial charge >= 0.3 is 0 Å². The van der Waals surface area contributed by atoms with E-state index in [0.717, 1.165) is 37.2 Å². The fourth-order valence-corrected chi connectivity index (χ4v) is 2.68. The normalized spacial score (nSPS) is 17.1. The molecule has 0 spiro atoms. The summed E-state index contributed by atoms with van der Waals surface area (Å²) in [6.45, 7) is 4.69. The quantitative estimate of drug-likeness (QED) is 0.851. The minimum Gasteiger partial charge on any atom is -0.392 e. The Morgan fingerprint density at radius 3 is 2.71 bits per heavy atom. The van der Waals surface area contributed by atoms with Crippen molar-refractivity contribution in [3.05, 3.63) is 22.9 Å². The molecule has 0 unspecified atom stereocenters. The summed E-state index contributed by atoms with van der Waals surface area (Å²) in [4.78, 5) is 9.28. The van der Waals surface area contributed by atoms with E-state index in [0.29, 0.717) is 4.99 Å². The van der Waals surface area contributed by atoms with Gasteiger partial charge in [0.1, 0.15) is 0 Å². The zero-order valence-electron chi connectivity index (χ0n) is 9.47. The third kappa shape index (κ3) is 3.37. The van der Waals surface area contributed by atoms with Gasteiger partial charge in [0.2, 0.25) is 0 Å². The van der Waals surface area contributed by atoms with E-state index < -0.39 is 0 Å². The molecule has 1 aromatic rings. The first kappa shape index (κ1) is 12.7. The van der Waals surface area contributed by atoms with Crippen LogP contribution in [0.2, 0.25) is 0 Å². The summed E-state index contributed by atoms with van der Waals surface area (Å²) < 4.78 is 1.04. The Hall–Kier alpha value is -0.720. The van der Waals surface area contributed by atoms with Crippen LogP contribution in [-0.4, -0.2) is 47.6 Å². The molecule has 2 N–H and O–H groups in total. The standard InChI is InChI=1S/C11H15BrN4S/c12-9-7-14-2-1-10(9)16-5-3-15(4-6-16)8-11(13)17/h1-2,7H,3-6,8H2,(H2,13,17). The Bertz CT molecular complexity index is 404. The number of pyridine rings is 1. The van der Waals surface area contributed by atoms with Crippen molar-refractivity contribution in [1.82, 2.24) is 9.88 Å². The van der Waals surface area contributed by atoms with Crippen molar-refractivity contribution in [2.24, 2.45) is 5.73 Å². The van der Waals surface area contributed by atoms with Gasteiger partial charge in [-0.2, -0.15) is 0 Å². The lowest BCUT2D eigenvalue weighted by molar-refractivity contribution is 0.292. The first-order valence-electron chi connectivity index (χ1n) is 5.52. The number of rotatable bonds is 3. The van der Waals surface area contributed by atoms with E-state index in [1.54, 1.807) is 0 Å². The average molecular weight is 315 g/mol. The summed E-state index contributed by atoms with van der Waals surface area (Å²) in [6, 6.07) is 2.04. The van der Waals surface area contributed by atoms with Crippen molar-refractivity contribution in [3.63, 3.8) is 0 Å². The molecule has 1 aliphatic rings. The number of piperazine rings is 1. The summed E-state index contributed by atoms with van der Waals surface area (Å²) in [6.07, 6.45) is 3.65. The van der Waals surface area contributed by atoms with Crippen molar-refractivity contribution in [3.8, 4) is 0 Å². The third-order valence-corrected chi connectivity index (χ3v) is 3.58. The highest BCUT2D eigenvalue weighted by Crippen LogP contribution is 2.25. The van der Waals surface area contributed by atoms with Crippen LogP contribution in [0.1, 0.15) is 0 Å². The molecule has 17 heavy (non-hydrogen) atoms. The maximum absolute atomic E-state index is 5.55. The summed E-state index contributed by atoms with van der Waals surface area (Å²) in [7, 11) is 0. The number of thiocarbonyl (C=S) groups is 1. The van der Waals surface area contributed by atoms with E-state index in [1.807, 2.05) is 18.5 Å². The average Bonchev–Trinajstić information content (AvgIpc) is 2.30. The molecule has 6 heteroatoms. The van der Waals surface area contributed by atoms with E-state index in [9.17, 15) is 0 Å². The fourth-order valence-electron chi connectivity index (χ4n) is 1.99. The second kappa shape index (κ2) is 5.75. The van der Waals surface area contributed by atoms with Crippen LogP contribution >= 0.6 is 28.1 Å². The van der Waals surface area contributed by atoms with Gasteiger partial charge in [0.05, 0.1) is 15.1 Å². The molecule has 0 saturated carbocycles. The zero-order chi connectivity index (χ0) is 12.3. The van der Waals surface area contributed by atoms with Gasteiger partial charge in [0.25, 0.3) is 0 Å². The van der Waals surface area contributed by atoms with Gasteiger partial charge in [0.15, 0.2) is 0 Å². The highest BCUT2D eigenvalue weighted by atomic mass is 79.9. The van der Waals surface area contributed by atoms with Crippen molar-refractivity contribution in [1.29, 1.82) is 0 Å². The van der Waals surface area contributed by atoms with Gasteiger partial charge < -0.3 is 10.6 Å². The lowest BCUT2D eigenvalue weighted by Crippen LogP contribution is -2.48. The highest BCUT2D eigenvalue weighted by Gasteiger charge is 2.18. The first-order valence-corrected chi connectivity index (χ1v) is 6.72. The molecule has 0 atom stereocenters. The van der Waals surface area contributed by atoms with Crippen molar-refractivity contribution in [2.75, 3.05) is 37.6 Å². The van der Waals surface area contributed by atoms with Crippen molar-refractivity contribution >= 4 is 38.8 Å². The molecule has 0 amide bonds. The molecule has 4 nitrogen and oxygen atoms in total. The largest absolute Gasteiger partial charge is 0.392 e. The Balaban J connectivity index is 1.95. The minimum absolute atomic E-state index is 0.573. The minimum atomic E-state index is 0.573. The van der Waals surface area contributed by atoms with Gasteiger partial charge in [-0.05, 0) is 22.0 Å². The highest BCUT2D eigenvalue weighted by molar-refractivity contribution is 9.10. The first-order chi connectivity index (χ1) is 8.16. The molecule has 0 aromatic carbocycles. The van der Waals surface area contributed by atoms with Gasteiger partial charge in [0, 0.05) is 45.1 Å². The number of halogens is 1. The Morgan fingerprint density at radius 2 is 2.12 bits per heavy atom. The van der Waals surface area contributed by atoms with Gasteiger partial charge in [-0.15, -0.1) is 0 Å². The summed E-state index contributed by atoms with van der Waals surface area (Å²) in [5.74, 6) is 0. The van der Waals surface area contributed by atoms with Crippen LogP contribution in [0.5, 0.6) is 0 Å². The smallest absolute Gasteiger partial charge is 0.0870 e. The van der Waals surface area contributed by atoms with E-state index in [2.05, 4.69) is 30.7 Å². The van der Waals surface area contributed by atoms with Crippen LogP contribution in [0.4, 0.5) is 5.69 Å². The molecule has 1 fully saturated rings. The Labute approximate surface area is 115 Å². The van der Waals surface area contributed by atoms with Gasteiger partial charge in [-0.3, -0.25) is 9.88 Å². The number of hydrogen-bond donors (Lipinski definition) is 1.